The smallest absolute Gasteiger partial charge is 0.433 e. The van der Waals surface area contributed by atoms with Gasteiger partial charge in [-0.1, -0.05) is 0 Å². The van der Waals surface area contributed by atoms with Crippen LogP contribution in [-0.4, -0.2) is 66.6 Å². The van der Waals surface area contributed by atoms with E-state index in [-0.39, 0.29) is 48.4 Å². The highest BCUT2D eigenvalue weighted by Gasteiger charge is 2.32. The summed E-state index contributed by atoms with van der Waals surface area (Å²) in [4.78, 5) is 25.4. The molecule has 1 aliphatic rings. The van der Waals surface area contributed by atoms with Crippen molar-refractivity contribution >= 4 is 41.9 Å². The lowest BCUT2D eigenvalue weighted by Gasteiger charge is -2.33. The van der Waals surface area contributed by atoms with E-state index in [9.17, 15) is 18.0 Å². The number of ether oxygens (including phenoxy) is 1. The molecular formula is C17H26F3IN6O2. The fourth-order valence-corrected chi connectivity index (χ4v) is 2.85. The van der Waals surface area contributed by atoms with E-state index in [1.807, 2.05) is 6.92 Å². The third-order valence-corrected chi connectivity index (χ3v) is 4.27. The van der Waals surface area contributed by atoms with Crippen LogP contribution in [0.25, 0.3) is 0 Å². The summed E-state index contributed by atoms with van der Waals surface area (Å²) in [5, 5.41) is 5.94. The molecular weight excluding hydrogens is 504 g/mol. The topological polar surface area (TPSA) is 91.7 Å². The number of carbonyl (C=O) groups excluding carboxylic acids is 1. The van der Waals surface area contributed by atoms with Gasteiger partial charge in [0.2, 0.25) is 5.95 Å². The predicted octanol–water partition coefficient (Wildman–Crippen LogP) is 2.38. The number of methoxy groups -OCH3 is 1. The van der Waals surface area contributed by atoms with Crippen LogP contribution in [0.2, 0.25) is 0 Å². The monoisotopic (exact) mass is 530 g/mol. The molecule has 0 atom stereocenters. The van der Waals surface area contributed by atoms with E-state index in [1.54, 1.807) is 0 Å². The number of nitrogens with zero attached hydrogens (tertiary/aromatic N) is 4. The largest absolute Gasteiger partial charge is 0.469 e. The number of aromatic nitrogens is 2. The van der Waals surface area contributed by atoms with E-state index in [0.717, 1.165) is 12.3 Å². The number of likely N-dealkylation sites (tertiary alicyclic amines) is 1. The normalized spacial score (nSPS) is 15.5. The van der Waals surface area contributed by atoms with E-state index in [2.05, 4.69) is 30.5 Å². The molecule has 1 aromatic rings. The van der Waals surface area contributed by atoms with Crippen molar-refractivity contribution < 1.29 is 22.7 Å². The van der Waals surface area contributed by atoms with Crippen LogP contribution in [0.4, 0.5) is 19.1 Å². The van der Waals surface area contributed by atoms with Gasteiger partial charge in [0, 0.05) is 32.4 Å². The van der Waals surface area contributed by atoms with Gasteiger partial charge in [-0.15, -0.1) is 24.0 Å². The number of esters is 1. The summed E-state index contributed by atoms with van der Waals surface area (Å²) < 4.78 is 42.8. The molecule has 1 aliphatic heterocycles. The zero-order valence-electron chi connectivity index (χ0n) is 16.3. The highest BCUT2D eigenvalue weighted by atomic mass is 127. The summed E-state index contributed by atoms with van der Waals surface area (Å²) >= 11 is 0. The Morgan fingerprint density at radius 1 is 1.38 bits per heavy atom. The van der Waals surface area contributed by atoms with Gasteiger partial charge in [0.05, 0.1) is 19.6 Å². The average molecular weight is 530 g/mol. The summed E-state index contributed by atoms with van der Waals surface area (Å²) in [7, 11) is 1.39. The van der Waals surface area contributed by atoms with E-state index in [4.69, 9.17) is 4.74 Å². The van der Waals surface area contributed by atoms with E-state index in [1.165, 1.54) is 7.11 Å². The molecule has 164 valence electrons. The number of nitrogens with one attached hydrogen (secondary N) is 2. The maximum Gasteiger partial charge on any atom is 0.433 e. The fourth-order valence-electron chi connectivity index (χ4n) is 2.85. The Labute approximate surface area is 184 Å². The number of aliphatic imine (C=N–C) groups is 1. The Morgan fingerprint density at radius 2 is 2.07 bits per heavy atom. The predicted molar refractivity (Wildman–Crippen MR) is 113 cm³/mol. The minimum absolute atomic E-state index is 0. The molecule has 0 spiro atoms. The lowest BCUT2D eigenvalue weighted by atomic mass is 9.97. The molecule has 0 aromatic carbocycles. The van der Waals surface area contributed by atoms with Crippen molar-refractivity contribution in [3.8, 4) is 0 Å². The van der Waals surface area contributed by atoms with Crippen molar-refractivity contribution in [2.24, 2.45) is 10.9 Å². The molecule has 0 unspecified atom stereocenters. The Balaban J connectivity index is 0.00000420. The number of piperidine rings is 1. The summed E-state index contributed by atoms with van der Waals surface area (Å²) in [6, 6.07) is 0.824. The molecule has 12 heteroatoms. The molecule has 1 fully saturated rings. The van der Waals surface area contributed by atoms with Gasteiger partial charge in [0.25, 0.3) is 0 Å². The highest BCUT2D eigenvalue weighted by molar-refractivity contribution is 14.0. The number of halogens is 4. The van der Waals surface area contributed by atoms with Crippen LogP contribution in [0, 0.1) is 5.92 Å². The van der Waals surface area contributed by atoms with Crippen LogP contribution in [0.5, 0.6) is 0 Å². The minimum atomic E-state index is -4.51. The van der Waals surface area contributed by atoms with E-state index < -0.39 is 11.9 Å². The Kier molecular flexibility index (Phi) is 10.4. The van der Waals surface area contributed by atoms with Crippen LogP contribution in [-0.2, 0) is 15.7 Å². The molecule has 0 bridgehead atoms. The molecule has 0 aliphatic carbocycles. The molecule has 2 N–H and O–H groups in total. The minimum Gasteiger partial charge on any atom is -0.469 e. The van der Waals surface area contributed by atoms with E-state index in [0.29, 0.717) is 45.0 Å². The van der Waals surface area contributed by atoms with Gasteiger partial charge in [0.15, 0.2) is 5.96 Å². The maximum atomic E-state index is 12.7. The van der Waals surface area contributed by atoms with Crippen molar-refractivity contribution in [1.82, 2.24) is 20.2 Å². The number of rotatable bonds is 6. The lowest BCUT2D eigenvalue weighted by molar-refractivity contribution is -0.146. The highest BCUT2D eigenvalue weighted by Crippen LogP contribution is 2.27. The van der Waals surface area contributed by atoms with Gasteiger partial charge in [0.1, 0.15) is 5.69 Å². The molecule has 0 saturated carbocycles. The average Bonchev–Trinajstić information content (AvgIpc) is 2.69. The van der Waals surface area contributed by atoms with Crippen molar-refractivity contribution in [1.29, 1.82) is 0 Å². The number of anilines is 1. The first kappa shape index (κ1) is 25.2. The maximum absolute atomic E-state index is 12.7. The van der Waals surface area contributed by atoms with Crippen LogP contribution < -0.4 is 10.6 Å². The van der Waals surface area contributed by atoms with Crippen molar-refractivity contribution in [3.05, 3.63) is 18.0 Å². The van der Waals surface area contributed by atoms with Gasteiger partial charge >= 0.3 is 12.1 Å². The first-order valence-electron chi connectivity index (χ1n) is 9.10. The number of hydrogen-bond acceptors (Lipinski definition) is 6. The van der Waals surface area contributed by atoms with Crippen LogP contribution in [0.1, 0.15) is 25.5 Å². The van der Waals surface area contributed by atoms with Gasteiger partial charge in [-0.3, -0.25) is 9.79 Å². The Morgan fingerprint density at radius 3 is 2.66 bits per heavy atom. The van der Waals surface area contributed by atoms with Crippen LogP contribution >= 0.6 is 24.0 Å². The summed E-state index contributed by atoms with van der Waals surface area (Å²) in [5.74, 6) is 0.335. The van der Waals surface area contributed by atoms with Crippen LogP contribution in [0.3, 0.4) is 0 Å². The van der Waals surface area contributed by atoms with Gasteiger partial charge in [-0.2, -0.15) is 13.2 Å². The number of carbonyl (C=O) groups is 1. The molecule has 1 saturated heterocycles. The molecule has 0 radical (unpaired) electrons. The van der Waals surface area contributed by atoms with Crippen molar-refractivity contribution in [3.63, 3.8) is 0 Å². The molecule has 1 aromatic heterocycles. The molecule has 29 heavy (non-hydrogen) atoms. The molecule has 2 heterocycles. The summed E-state index contributed by atoms with van der Waals surface area (Å²) in [6.07, 6.45) is -2.07. The number of alkyl halides is 3. The first-order valence-corrected chi connectivity index (χ1v) is 9.10. The second-order valence-corrected chi connectivity index (χ2v) is 6.21. The number of guanidine groups is 1. The summed E-state index contributed by atoms with van der Waals surface area (Å²) in [5.41, 5.74) is -0.990. The molecule has 8 nitrogen and oxygen atoms in total. The Bertz CT molecular complexity index is 681. The lowest BCUT2D eigenvalue weighted by Crippen LogP contribution is -2.46. The number of hydrogen-bond donors (Lipinski definition) is 2. The zero-order valence-corrected chi connectivity index (χ0v) is 18.7. The first-order chi connectivity index (χ1) is 13.3. The van der Waals surface area contributed by atoms with Crippen molar-refractivity contribution in [2.75, 3.05) is 45.2 Å². The Hall–Kier alpha value is -1.86. The van der Waals surface area contributed by atoms with Gasteiger partial charge in [-0.05, 0) is 25.8 Å². The zero-order chi connectivity index (χ0) is 20.6. The fraction of sp³-hybridized carbons (Fsp3) is 0.647. The van der Waals surface area contributed by atoms with Crippen molar-refractivity contribution in [2.45, 2.75) is 25.9 Å². The van der Waals surface area contributed by atoms with Crippen LogP contribution in [0.15, 0.2) is 17.3 Å². The second-order valence-electron chi connectivity index (χ2n) is 6.21. The quantitative estimate of drug-likeness (QED) is 0.192. The van der Waals surface area contributed by atoms with Gasteiger partial charge in [-0.25, -0.2) is 9.97 Å². The molecule has 2 rings (SSSR count). The standard InChI is InChI=1S/C17H25F3N6O2.HI/c1-3-21-16(26-10-5-12(6-11-26)14(27)28-2)24-9-8-23-15-22-7-4-13(25-15)17(18,19)20;/h4,7,12H,3,5-6,8-11H2,1-2H3,(H,21,24)(H,22,23,25);1H. The second kappa shape index (κ2) is 12.0. The third kappa shape index (κ3) is 7.82. The summed E-state index contributed by atoms with van der Waals surface area (Å²) in [6.45, 7) is 4.60. The molecule has 0 amide bonds. The SMILES string of the molecule is CCNC(=NCCNc1nccc(C(F)(F)F)n1)N1CCC(C(=O)OC)CC1.I. The third-order valence-electron chi connectivity index (χ3n) is 4.27. The van der Waals surface area contributed by atoms with E-state index >= 15 is 0 Å². The van der Waals surface area contributed by atoms with Gasteiger partial charge < -0.3 is 20.3 Å².